The number of rotatable bonds is 1. The third-order valence-electron chi connectivity index (χ3n) is 4.64. The van der Waals surface area contributed by atoms with Gasteiger partial charge in [0.2, 0.25) is 0 Å². The monoisotopic (exact) mass is 304 g/mol. The second-order valence-electron chi connectivity index (χ2n) is 5.97. The first-order valence-electron chi connectivity index (χ1n) is 7.88. The number of thiophene rings is 1. The molecule has 1 aliphatic rings. The molecule has 0 unspecified atom stereocenters. The van der Waals surface area contributed by atoms with Crippen molar-refractivity contribution >= 4 is 33.3 Å². The van der Waals surface area contributed by atoms with E-state index in [1.165, 1.54) is 47.0 Å². The van der Waals surface area contributed by atoms with Crippen molar-refractivity contribution in [2.24, 2.45) is 0 Å². The highest BCUT2D eigenvalue weighted by molar-refractivity contribution is 7.14. The molecule has 0 radical (unpaired) electrons. The Bertz CT molecular complexity index is 916. The van der Waals surface area contributed by atoms with Gasteiger partial charge >= 0.3 is 0 Å². The zero-order valence-corrected chi connectivity index (χ0v) is 13.1. The number of fused-ring (bicyclic) bond motifs is 4. The summed E-state index contributed by atoms with van der Waals surface area (Å²) in [6.45, 7) is 0. The Morgan fingerprint density at radius 3 is 2.77 bits per heavy atom. The Morgan fingerprint density at radius 1 is 0.955 bits per heavy atom. The van der Waals surface area contributed by atoms with Crippen LogP contribution < -0.4 is 0 Å². The average molecular weight is 304 g/mol. The summed E-state index contributed by atoms with van der Waals surface area (Å²) >= 11 is 1.95. The van der Waals surface area contributed by atoms with Crippen molar-refractivity contribution < 1.29 is 0 Å². The molecule has 0 N–H and O–H groups in total. The number of pyridine rings is 1. The van der Waals surface area contributed by atoms with Crippen LogP contribution in [0.5, 0.6) is 0 Å². The van der Waals surface area contributed by atoms with E-state index >= 15 is 0 Å². The van der Waals surface area contributed by atoms with E-state index in [-0.39, 0.29) is 0 Å². The van der Waals surface area contributed by atoms with E-state index in [1.54, 1.807) is 10.4 Å². The normalized spacial score (nSPS) is 14.5. The van der Waals surface area contributed by atoms with Gasteiger partial charge in [-0.25, -0.2) is 4.98 Å². The minimum Gasteiger partial charge on any atom is -0.285 e. The smallest absolute Gasteiger partial charge is 0.146 e. The first kappa shape index (κ1) is 12.4. The molecular formula is C19H16N2S. The van der Waals surface area contributed by atoms with Gasteiger partial charge in [0.1, 0.15) is 10.6 Å². The van der Waals surface area contributed by atoms with Gasteiger partial charge in [-0.15, -0.1) is 11.3 Å². The van der Waals surface area contributed by atoms with Gasteiger partial charge in [-0.05, 0) is 55.5 Å². The van der Waals surface area contributed by atoms with E-state index in [1.807, 2.05) is 23.6 Å². The predicted molar refractivity (Wildman–Crippen MR) is 93.1 cm³/mol. The number of aromatic nitrogens is 2. The van der Waals surface area contributed by atoms with Gasteiger partial charge in [-0.2, -0.15) is 0 Å². The molecule has 3 heterocycles. The van der Waals surface area contributed by atoms with Crippen molar-refractivity contribution in [2.75, 3.05) is 0 Å². The van der Waals surface area contributed by atoms with Crippen LogP contribution in [0.1, 0.15) is 23.3 Å². The highest BCUT2D eigenvalue weighted by Gasteiger charge is 2.18. The lowest BCUT2D eigenvalue weighted by atomic mass is 10.00. The molecule has 1 aliphatic carbocycles. The lowest BCUT2D eigenvalue weighted by Crippen LogP contribution is -1.96. The maximum atomic E-state index is 4.67. The van der Waals surface area contributed by atoms with Crippen molar-refractivity contribution in [1.82, 2.24) is 9.55 Å². The molecule has 0 fully saturated rings. The molecule has 3 aromatic heterocycles. The Labute approximate surface area is 133 Å². The molecule has 0 bridgehead atoms. The molecule has 5 rings (SSSR count). The lowest BCUT2D eigenvalue weighted by molar-refractivity contribution is 0.697. The zero-order valence-electron chi connectivity index (χ0n) is 12.2. The topological polar surface area (TPSA) is 17.8 Å². The van der Waals surface area contributed by atoms with Gasteiger partial charge in [-0.1, -0.05) is 18.2 Å². The molecule has 108 valence electrons. The fourth-order valence-corrected chi connectivity index (χ4v) is 4.87. The maximum absolute atomic E-state index is 4.67. The van der Waals surface area contributed by atoms with Crippen molar-refractivity contribution in [3.05, 3.63) is 59.1 Å². The van der Waals surface area contributed by atoms with E-state index in [0.717, 1.165) is 5.65 Å². The summed E-state index contributed by atoms with van der Waals surface area (Å²) in [5, 5.41) is 3.85. The highest BCUT2D eigenvalue weighted by atomic mass is 32.1. The summed E-state index contributed by atoms with van der Waals surface area (Å²) in [4.78, 5) is 6.24. The molecule has 0 spiro atoms. The summed E-state index contributed by atoms with van der Waals surface area (Å²) in [6, 6.07) is 15.2. The van der Waals surface area contributed by atoms with Crippen molar-refractivity contribution in [2.45, 2.75) is 25.7 Å². The summed E-state index contributed by atoms with van der Waals surface area (Å²) < 4.78 is 2.34. The van der Waals surface area contributed by atoms with Crippen LogP contribution in [0.2, 0.25) is 0 Å². The van der Waals surface area contributed by atoms with Gasteiger partial charge in [0.15, 0.2) is 0 Å². The first-order valence-corrected chi connectivity index (χ1v) is 8.69. The summed E-state index contributed by atoms with van der Waals surface area (Å²) in [6.07, 6.45) is 7.03. The molecule has 0 amide bonds. The fourth-order valence-electron chi connectivity index (χ4n) is 3.60. The average Bonchev–Trinajstić information content (AvgIpc) is 3.13. The Balaban J connectivity index is 1.87. The molecule has 4 aromatic rings. The SMILES string of the molecule is c1ccc2c(c1)c1cccnc1n2-c1cc2c(s1)CCCC2. The highest BCUT2D eigenvalue weighted by Crippen LogP contribution is 2.37. The van der Waals surface area contributed by atoms with E-state index in [2.05, 4.69) is 45.9 Å². The van der Waals surface area contributed by atoms with E-state index < -0.39 is 0 Å². The van der Waals surface area contributed by atoms with Crippen LogP contribution in [0.4, 0.5) is 0 Å². The Morgan fingerprint density at radius 2 is 1.82 bits per heavy atom. The molecule has 3 heteroatoms. The fraction of sp³-hybridized carbons (Fsp3) is 0.211. The molecular weight excluding hydrogens is 288 g/mol. The minimum absolute atomic E-state index is 1.07. The number of aryl methyl sites for hydroxylation is 2. The quantitative estimate of drug-likeness (QED) is 0.477. The van der Waals surface area contributed by atoms with E-state index in [4.69, 9.17) is 0 Å². The Hall–Kier alpha value is -2.13. The molecule has 0 saturated carbocycles. The van der Waals surface area contributed by atoms with E-state index in [0.29, 0.717) is 0 Å². The zero-order chi connectivity index (χ0) is 14.5. The number of hydrogen-bond acceptors (Lipinski definition) is 2. The van der Waals surface area contributed by atoms with Gasteiger partial charge in [-0.3, -0.25) is 4.57 Å². The second-order valence-corrected chi connectivity index (χ2v) is 7.08. The van der Waals surface area contributed by atoms with Gasteiger partial charge in [0, 0.05) is 21.8 Å². The van der Waals surface area contributed by atoms with Crippen LogP contribution in [0.15, 0.2) is 48.7 Å². The third-order valence-corrected chi connectivity index (χ3v) is 5.86. The first-order chi connectivity index (χ1) is 10.9. The lowest BCUT2D eigenvalue weighted by Gasteiger charge is -2.08. The van der Waals surface area contributed by atoms with Gasteiger partial charge < -0.3 is 0 Å². The van der Waals surface area contributed by atoms with Crippen LogP contribution in [0.3, 0.4) is 0 Å². The van der Waals surface area contributed by atoms with Crippen LogP contribution >= 0.6 is 11.3 Å². The maximum Gasteiger partial charge on any atom is 0.146 e. The Kier molecular flexibility index (Phi) is 2.64. The number of benzene rings is 1. The van der Waals surface area contributed by atoms with Crippen LogP contribution in [-0.4, -0.2) is 9.55 Å². The summed E-state index contributed by atoms with van der Waals surface area (Å²) in [5.41, 5.74) is 3.88. The molecule has 0 aliphatic heterocycles. The number of hydrogen-bond donors (Lipinski definition) is 0. The van der Waals surface area contributed by atoms with Crippen LogP contribution in [-0.2, 0) is 12.8 Å². The van der Waals surface area contributed by atoms with Crippen molar-refractivity contribution in [3.63, 3.8) is 0 Å². The largest absolute Gasteiger partial charge is 0.285 e. The minimum atomic E-state index is 1.07. The second kappa shape index (κ2) is 4.68. The van der Waals surface area contributed by atoms with E-state index in [9.17, 15) is 0 Å². The number of nitrogens with zero attached hydrogens (tertiary/aromatic N) is 2. The third kappa shape index (κ3) is 1.69. The summed E-state index contributed by atoms with van der Waals surface area (Å²) in [7, 11) is 0. The summed E-state index contributed by atoms with van der Waals surface area (Å²) in [5.74, 6) is 0. The number of para-hydroxylation sites is 1. The molecule has 1 aromatic carbocycles. The van der Waals surface area contributed by atoms with Crippen molar-refractivity contribution in [3.8, 4) is 5.00 Å². The van der Waals surface area contributed by atoms with Crippen LogP contribution in [0.25, 0.3) is 26.9 Å². The van der Waals surface area contributed by atoms with Crippen LogP contribution in [0, 0.1) is 0 Å². The molecule has 0 saturated heterocycles. The van der Waals surface area contributed by atoms with Gasteiger partial charge in [0.05, 0.1) is 5.52 Å². The standard InChI is InChI=1S/C19H16N2S/c1-4-10-17-13(6-1)12-18(22-17)21-16-9-3-2-7-14(16)15-8-5-11-20-19(15)21/h2-3,5,7-9,11-12H,1,4,6,10H2. The van der Waals surface area contributed by atoms with Gasteiger partial charge in [0.25, 0.3) is 0 Å². The predicted octanol–water partition coefficient (Wildman–Crippen LogP) is 5.12. The molecule has 22 heavy (non-hydrogen) atoms. The molecule has 0 atom stereocenters. The molecule has 2 nitrogen and oxygen atoms in total. The van der Waals surface area contributed by atoms with Crippen molar-refractivity contribution in [1.29, 1.82) is 0 Å².